The van der Waals surface area contributed by atoms with Gasteiger partial charge >= 0.3 is 5.97 Å². The Hall–Kier alpha value is -1.20. The van der Waals surface area contributed by atoms with E-state index in [0.717, 1.165) is 19.3 Å². The number of Topliss-reactive ketones (excluding diaryl/α,β-unsaturated/α-hetero) is 1. The number of hydrogen-bond donors (Lipinski definition) is 3. The number of aliphatic carboxylic acids is 1. The molecule has 5 aliphatic rings. The number of allylic oxidation sites excluding steroid dienone is 1. The van der Waals surface area contributed by atoms with Gasteiger partial charge in [0.1, 0.15) is 5.78 Å². The first-order chi connectivity index (χ1) is 16.5. The Bertz CT molecular complexity index is 941. The number of rotatable bonds is 7. The van der Waals surface area contributed by atoms with E-state index >= 15 is 0 Å². The van der Waals surface area contributed by atoms with Crippen LogP contribution < -0.4 is 0 Å². The topological polar surface area (TPSA) is 94.8 Å². The lowest BCUT2D eigenvalue weighted by molar-refractivity contribution is -0.163. The SMILES string of the molecule is C[C@H](CCC=C(CO)C(=O)O)[C@H]1CC[C@@]2(C)[C@@H]3CC[C@@H]4[C@@]5(CCC(=O)[C@@]4(C)CO)C[C@@]35CC[C@]12C. The van der Waals surface area contributed by atoms with Crippen molar-refractivity contribution in [2.75, 3.05) is 13.2 Å². The zero-order valence-electron chi connectivity index (χ0n) is 22.2. The zero-order chi connectivity index (χ0) is 25.4. The van der Waals surface area contributed by atoms with E-state index in [1.807, 2.05) is 0 Å². The molecule has 5 nitrogen and oxygen atoms in total. The molecule has 5 saturated carbocycles. The van der Waals surface area contributed by atoms with Crippen molar-refractivity contribution in [1.82, 2.24) is 0 Å². The predicted molar refractivity (Wildman–Crippen MR) is 135 cm³/mol. The number of carbonyl (C=O) groups excluding carboxylic acids is 1. The molecule has 196 valence electrons. The second kappa shape index (κ2) is 8.15. The van der Waals surface area contributed by atoms with Crippen LogP contribution >= 0.6 is 0 Å². The smallest absolute Gasteiger partial charge is 0.333 e. The maximum atomic E-state index is 12.9. The summed E-state index contributed by atoms with van der Waals surface area (Å²) >= 11 is 0. The first-order valence-electron chi connectivity index (χ1n) is 14.1. The molecule has 0 aromatic carbocycles. The van der Waals surface area contributed by atoms with E-state index in [0.29, 0.717) is 58.5 Å². The molecule has 0 amide bonds. The van der Waals surface area contributed by atoms with E-state index in [1.165, 1.54) is 38.5 Å². The summed E-state index contributed by atoms with van der Waals surface area (Å²) < 4.78 is 0. The summed E-state index contributed by atoms with van der Waals surface area (Å²) in [6.07, 6.45) is 13.7. The number of carboxylic acids is 1. The van der Waals surface area contributed by atoms with Crippen molar-refractivity contribution in [3.05, 3.63) is 11.6 Å². The van der Waals surface area contributed by atoms with E-state index in [2.05, 4.69) is 27.7 Å². The third kappa shape index (κ3) is 3.12. The number of carbonyl (C=O) groups is 2. The van der Waals surface area contributed by atoms with Crippen LogP contribution in [0.1, 0.15) is 98.3 Å². The van der Waals surface area contributed by atoms with Gasteiger partial charge in [-0.05, 0) is 110 Å². The van der Waals surface area contributed by atoms with Gasteiger partial charge < -0.3 is 15.3 Å². The van der Waals surface area contributed by atoms with Crippen LogP contribution in [0.15, 0.2) is 11.6 Å². The monoisotopic (exact) mass is 486 g/mol. The first-order valence-corrected chi connectivity index (χ1v) is 14.1. The molecule has 5 aliphatic carbocycles. The fourth-order valence-corrected chi connectivity index (χ4v) is 11.1. The summed E-state index contributed by atoms with van der Waals surface area (Å²) in [6.45, 7) is 9.15. The van der Waals surface area contributed by atoms with Gasteiger partial charge in [-0.2, -0.15) is 0 Å². The van der Waals surface area contributed by atoms with Crippen molar-refractivity contribution in [2.24, 2.45) is 50.7 Å². The third-order valence-electron chi connectivity index (χ3n) is 13.2. The van der Waals surface area contributed by atoms with Gasteiger partial charge in [0.2, 0.25) is 0 Å². The minimum Gasteiger partial charge on any atom is -0.478 e. The molecular formula is C30H46O5. The number of ketones is 1. The molecule has 0 aromatic heterocycles. The van der Waals surface area contributed by atoms with Crippen LogP contribution in [0, 0.1) is 50.7 Å². The highest BCUT2D eigenvalue weighted by molar-refractivity contribution is 5.87. The van der Waals surface area contributed by atoms with Crippen LogP contribution in [0.3, 0.4) is 0 Å². The second-order valence-electron chi connectivity index (χ2n) is 13.9. The summed E-state index contributed by atoms with van der Waals surface area (Å²) in [5.74, 6) is 1.50. The molecule has 5 rings (SSSR count). The lowest BCUT2D eigenvalue weighted by Gasteiger charge is -2.62. The summed E-state index contributed by atoms with van der Waals surface area (Å²) in [4.78, 5) is 24.1. The molecule has 0 heterocycles. The molecule has 3 N–H and O–H groups in total. The van der Waals surface area contributed by atoms with Gasteiger partial charge in [0.05, 0.1) is 24.2 Å². The molecule has 2 spiro atoms. The van der Waals surface area contributed by atoms with Crippen LogP contribution in [-0.4, -0.2) is 40.3 Å². The van der Waals surface area contributed by atoms with Gasteiger partial charge in [-0.15, -0.1) is 0 Å². The molecule has 0 bridgehead atoms. The highest BCUT2D eigenvalue weighted by atomic mass is 16.4. The van der Waals surface area contributed by atoms with E-state index in [-0.39, 0.29) is 17.6 Å². The maximum Gasteiger partial charge on any atom is 0.333 e. The molecule has 0 unspecified atom stereocenters. The van der Waals surface area contributed by atoms with Gasteiger partial charge in [0, 0.05) is 6.42 Å². The molecule has 5 heteroatoms. The fourth-order valence-electron chi connectivity index (χ4n) is 11.1. The van der Waals surface area contributed by atoms with E-state index < -0.39 is 18.0 Å². The van der Waals surface area contributed by atoms with Crippen molar-refractivity contribution >= 4 is 11.8 Å². The van der Waals surface area contributed by atoms with Crippen molar-refractivity contribution in [3.8, 4) is 0 Å². The van der Waals surface area contributed by atoms with Crippen molar-refractivity contribution < 1.29 is 24.9 Å². The van der Waals surface area contributed by atoms with E-state index in [1.54, 1.807) is 6.08 Å². The number of aliphatic hydroxyl groups excluding tert-OH is 2. The maximum absolute atomic E-state index is 12.9. The Kier molecular flexibility index (Phi) is 5.93. The zero-order valence-corrected chi connectivity index (χ0v) is 22.2. The Morgan fingerprint density at radius 1 is 1.00 bits per heavy atom. The molecule has 5 fully saturated rings. The van der Waals surface area contributed by atoms with Crippen molar-refractivity contribution in [2.45, 2.75) is 98.3 Å². The summed E-state index contributed by atoms with van der Waals surface area (Å²) in [5.41, 5.74) is 0.814. The normalized spacial score (nSPS) is 49.5. The van der Waals surface area contributed by atoms with Crippen LogP contribution in [0.25, 0.3) is 0 Å². The van der Waals surface area contributed by atoms with Gasteiger partial charge in [0.25, 0.3) is 0 Å². The second-order valence-corrected chi connectivity index (χ2v) is 13.9. The standard InChI is InChI=1S/C30H46O5/c1-19(6-5-7-20(16-31)25(34)35)21-10-12-28(4)23-9-8-22-26(2,18-32)24(33)11-13-29(22)17-30(23,29)15-14-27(21,28)3/h7,19,21-23,31-32H,5-6,8-18H2,1-4H3,(H,34,35)/t19-,21-,22+,23+,26+,27-,28+,29-,30+/m1/s1. The largest absolute Gasteiger partial charge is 0.478 e. The number of carboxylic acid groups (broad SMARTS) is 1. The number of fused-ring (bicyclic) bond motifs is 2. The van der Waals surface area contributed by atoms with Crippen LogP contribution in [0.2, 0.25) is 0 Å². The predicted octanol–water partition coefficient (Wildman–Crippen LogP) is 5.39. The Morgan fingerprint density at radius 2 is 1.69 bits per heavy atom. The molecule has 0 aromatic rings. The van der Waals surface area contributed by atoms with Gasteiger partial charge in [-0.3, -0.25) is 4.79 Å². The van der Waals surface area contributed by atoms with E-state index in [9.17, 15) is 24.9 Å². The molecule has 0 aliphatic heterocycles. The van der Waals surface area contributed by atoms with Crippen molar-refractivity contribution in [3.63, 3.8) is 0 Å². The van der Waals surface area contributed by atoms with Gasteiger partial charge in [-0.1, -0.05) is 33.8 Å². The molecule has 0 radical (unpaired) electrons. The third-order valence-corrected chi connectivity index (χ3v) is 13.2. The highest BCUT2D eigenvalue weighted by Crippen LogP contribution is 2.88. The molecule has 0 saturated heterocycles. The quantitative estimate of drug-likeness (QED) is 0.420. The first kappa shape index (κ1) is 25.4. The highest BCUT2D eigenvalue weighted by Gasteiger charge is 2.82. The Labute approximate surface area is 210 Å². The van der Waals surface area contributed by atoms with Crippen LogP contribution in [0.4, 0.5) is 0 Å². The minimum absolute atomic E-state index is 0.00187. The number of aliphatic hydroxyl groups is 2. The Balaban J connectivity index is 1.36. The van der Waals surface area contributed by atoms with E-state index in [4.69, 9.17) is 0 Å². The summed E-state index contributed by atoms with van der Waals surface area (Å²) in [6, 6.07) is 0. The summed E-state index contributed by atoms with van der Waals surface area (Å²) in [5, 5.41) is 28.8. The molecular weight excluding hydrogens is 440 g/mol. The molecule has 9 atom stereocenters. The average Bonchev–Trinajstić information content (AvgIpc) is 3.41. The van der Waals surface area contributed by atoms with Crippen LogP contribution in [-0.2, 0) is 9.59 Å². The molecule has 35 heavy (non-hydrogen) atoms. The van der Waals surface area contributed by atoms with Crippen LogP contribution in [0.5, 0.6) is 0 Å². The van der Waals surface area contributed by atoms with Gasteiger partial charge in [0.15, 0.2) is 0 Å². The average molecular weight is 487 g/mol. The lowest BCUT2D eigenvalue weighted by Crippen LogP contribution is -2.58. The lowest BCUT2D eigenvalue weighted by atomic mass is 9.42. The van der Waals surface area contributed by atoms with Crippen molar-refractivity contribution in [1.29, 1.82) is 0 Å². The minimum atomic E-state index is -1.02. The fraction of sp³-hybridized carbons (Fsp3) is 0.867. The Morgan fingerprint density at radius 3 is 2.34 bits per heavy atom. The van der Waals surface area contributed by atoms with Gasteiger partial charge in [-0.25, -0.2) is 4.79 Å². The summed E-state index contributed by atoms with van der Waals surface area (Å²) in [7, 11) is 0. The number of hydrogen-bond acceptors (Lipinski definition) is 4.